The van der Waals surface area contributed by atoms with Crippen molar-refractivity contribution in [3.8, 4) is 0 Å². The predicted octanol–water partition coefficient (Wildman–Crippen LogP) is 4.33. The van der Waals surface area contributed by atoms with Gasteiger partial charge in [-0.3, -0.25) is 4.99 Å². The standard InChI is InChI=1S/C20H16N3O2/c24-23(25)20-13-16(14-21-18-7-3-1-4-8-18)11-12-17(20)15-22-19-9-5-2-6-10-19/h1-15,22H/q-1. The third-order valence-corrected chi connectivity index (χ3v) is 3.54. The monoisotopic (exact) mass is 330 g/mol. The highest BCUT2D eigenvalue weighted by Crippen LogP contribution is 2.16. The maximum atomic E-state index is 11.4. The second-order valence-electron chi connectivity index (χ2n) is 5.32. The van der Waals surface area contributed by atoms with Crippen molar-refractivity contribution in [3.05, 3.63) is 107 Å². The van der Waals surface area contributed by atoms with Gasteiger partial charge in [-0.25, -0.2) is 0 Å². The van der Waals surface area contributed by atoms with Gasteiger partial charge >= 0.3 is 0 Å². The maximum Gasteiger partial charge on any atom is 0.232 e. The maximum absolute atomic E-state index is 11.4. The van der Waals surface area contributed by atoms with E-state index in [1.54, 1.807) is 24.6 Å². The Morgan fingerprint density at radius 3 is 2.24 bits per heavy atom. The van der Waals surface area contributed by atoms with E-state index in [1.165, 1.54) is 6.08 Å². The number of nitrogens with zero attached hydrogens (tertiary/aromatic N) is 2. The topological polar surface area (TPSA) is 73.5 Å². The van der Waals surface area contributed by atoms with Crippen LogP contribution < -0.4 is 5.32 Å². The van der Waals surface area contributed by atoms with Crippen LogP contribution in [0.25, 0.3) is 0 Å². The van der Waals surface area contributed by atoms with Crippen molar-refractivity contribution >= 4 is 23.3 Å². The number of rotatable bonds is 4. The molecule has 1 aliphatic rings. The molecule has 5 nitrogen and oxygen atoms in total. The number of hydrogen-bond acceptors (Lipinski definition) is 4. The molecule has 0 aliphatic heterocycles. The van der Waals surface area contributed by atoms with E-state index in [4.69, 9.17) is 0 Å². The van der Waals surface area contributed by atoms with Crippen LogP contribution in [0.5, 0.6) is 0 Å². The van der Waals surface area contributed by atoms with Crippen LogP contribution in [0, 0.1) is 10.4 Å². The summed E-state index contributed by atoms with van der Waals surface area (Å²) in [4.78, 5) is 3.94. The third kappa shape index (κ3) is 4.45. The summed E-state index contributed by atoms with van der Waals surface area (Å²) in [5.74, 6) is 0. The second-order valence-corrected chi connectivity index (χ2v) is 5.32. The fourth-order valence-electron chi connectivity index (χ4n) is 2.28. The number of benzene rings is 2. The molecule has 124 valence electrons. The van der Waals surface area contributed by atoms with Crippen LogP contribution >= 0.6 is 0 Å². The Labute approximate surface area is 145 Å². The van der Waals surface area contributed by atoms with Crippen LogP contribution in [-0.2, 0) is 0 Å². The Kier molecular flexibility index (Phi) is 5.07. The van der Waals surface area contributed by atoms with E-state index in [0.717, 1.165) is 11.4 Å². The number of allylic oxidation sites excluding steroid dienone is 5. The van der Waals surface area contributed by atoms with Crippen molar-refractivity contribution in [1.29, 1.82) is 0 Å². The number of hydrogen-bond donors (Lipinski definition) is 1. The summed E-state index contributed by atoms with van der Waals surface area (Å²) in [5, 5.41) is 25.8. The lowest BCUT2D eigenvalue weighted by Crippen LogP contribution is -2.14. The smallest absolute Gasteiger partial charge is 0.232 e. The van der Waals surface area contributed by atoms with E-state index in [1.807, 2.05) is 60.7 Å². The molecule has 1 aliphatic carbocycles. The van der Waals surface area contributed by atoms with Gasteiger partial charge in [-0.15, -0.1) is 0 Å². The predicted molar refractivity (Wildman–Crippen MR) is 102 cm³/mol. The average Bonchev–Trinajstić information content (AvgIpc) is 2.66. The molecule has 2 aromatic carbocycles. The Morgan fingerprint density at radius 1 is 0.880 bits per heavy atom. The number of anilines is 1. The molecule has 0 unspecified atom stereocenters. The summed E-state index contributed by atoms with van der Waals surface area (Å²) in [6.45, 7) is 0. The number of nitrogens with one attached hydrogen (secondary N) is 1. The molecule has 0 heterocycles. The van der Waals surface area contributed by atoms with Gasteiger partial charge < -0.3 is 15.7 Å². The van der Waals surface area contributed by atoms with Gasteiger partial charge in [0.25, 0.3) is 0 Å². The highest BCUT2D eigenvalue weighted by atomic mass is 16.8. The van der Waals surface area contributed by atoms with Gasteiger partial charge in [-0.2, -0.15) is 4.90 Å². The van der Waals surface area contributed by atoms with Gasteiger partial charge in [0, 0.05) is 24.2 Å². The molecule has 3 rings (SSSR count). The van der Waals surface area contributed by atoms with Crippen molar-refractivity contribution in [1.82, 2.24) is 0 Å². The lowest BCUT2D eigenvalue weighted by molar-refractivity contribution is -0.377. The van der Waals surface area contributed by atoms with Gasteiger partial charge in [0.05, 0.1) is 11.3 Å². The van der Waals surface area contributed by atoms with Crippen molar-refractivity contribution in [3.63, 3.8) is 0 Å². The quantitative estimate of drug-likeness (QED) is 0.515. The fourth-order valence-corrected chi connectivity index (χ4v) is 2.28. The van der Waals surface area contributed by atoms with E-state index in [0.29, 0.717) is 11.1 Å². The van der Waals surface area contributed by atoms with E-state index >= 15 is 0 Å². The fraction of sp³-hybridized carbons (Fsp3) is 0. The summed E-state index contributed by atoms with van der Waals surface area (Å²) in [6.07, 6.45) is 8.28. The molecule has 25 heavy (non-hydrogen) atoms. The molecule has 0 aromatic heterocycles. The van der Waals surface area contributed by atoms with Crippen molar-refractivity contribution < 1.29 is 4.90 Å². The van der Waals surface area contributed by atoms with E-state index in [-0.39, 0.29) is 5.71 Å². The Bertz CT molecular complexity index is 876. The van der Waals surface area contributed by atoms with Crippen molar-refractivity contribution in [2.24, 2.45) is 4.99 Å². The van der Waals surface area contributed by atoms with Crippen LogP contribution in [0.1, 0.15) is 0 Å². The third-order valence-electron chi connectivity index (χ3n) is 3.54. The zero-order valence-electron chi connectivity index (χ0n) is 13.4. The van der Waals surface area contributed by atoms with Crippen LogP contribution in [-0.4, -0.2) is 16.8 Å². The van der Waals surface area contributed by atoms with Crippen LogP contribution in [0.15, 0.2) is 101 Å². The molecule has 5 heteroatoms. The van der Waals surface area contributed by atoms with E-state index in [2.05, 4.69) is 10.3 Å². The van der Waals surface area contributed by atoms with Crippen LogP contribution in [0.3, 0.4) is 0 Å². The molecule has 0 saturated heterocycles. The first-order chi connectivity index (χ1) is 12.2. The zero-order valence-corrected chi connectivity index (χ0v) is 13.4. The van der Waals surface area contributed by atoms with Gasteiger partial charge in [0.15, 0.2) is 0 Å². The Balaban J connectivity index is 1.79. The molecule has 0 spiro atoms. The molecule has 0 radical (unpaired) electrons. The first kappa shape index (κ1) is 16.3. The Morgan fingerprint density at radius 2 is 1.56 bits per heavy atom. The second kappa shape index (κ2) is 7.79. The minimum absolute atomic E-state index is 0.0282. The van der Waals surface area contributed by atoms with Gasteiger partial charge in [0.2, 0.25) is 5.71 Å². The van der Waals surface area contributed by atoms with Gasteiger partial charge in [0.1, 0.15) is 0 Å². The first-order valence-electron chi connectivity index (χ1n) is 7.75. The molecule has 0 amide bonds. The highest BCUT2D eigenvalue weighted by Gasteiger charge is 2.14. The molecule has 0 atom stereocenters. The highest BCUT2D eigenvalue weighted by molar-refractivity contribution is 6.12. The molecular weight excluding hydrogens is 314 g/mol. The summed E-state index contributed by atoms with van der Waals surface area (Å²) in [5.41, 5.74) is 2.87. The summed E-state index contributed by atoms with van der Waals surface area (Å²) in [6, 6.07) is 18.9. The summed E-state index contributed by atoms with van der Waals surface area (Å²) in [7, 11) is 0. The van der Waals surface area contributed by atoms with Gasteiger partial charge in [-0.1, -0.05) is 42.5 Å². The zero-order chi connectivity index (χ0) is 17.5. The molecule has 2 aromatic rings. The van der Waals surface area contributed by atoms with Gasteiger partial charge in [-0.05, 0) is 35.9 Å². The summed E-state index contributed by atoms with van der Waals surface area (Å²) >= 11 is 0. The number of para-hydroxylation sites is 2. The lowest BCUT2D eigenvalue weighted by atomic mass is 10.0. The Hall–Kier alpha value is -3.60. The lowest BCUT2D eigenvalue weighted by Gasteiger charge is -2.13. The van der Waals surface area contributed by atoms with E-state index in [9.17, 15) is 10.4 Å². The van der Waals surface area contributed by atoms with Crippen LogP contribution in [0.4, 0.5) is 11.4 Å². The van der Waals surface area contributed by atoms with E-state index < -0.39 is 4.90 Å². The SMILES string of the molecule is [O-][N+]([O-])=C1C=C(C=Nc2ccccc2)C=CC1=CNc1ccccc1. The molecule has 0 fully saturated rings. The first-order valence-corrected chi connectivity index (χ1v) is 7.75. The van der Waals surface area contributed by atoms with Crippen molar-refractivity contribution in [2.75, 3.05) is 5.32 Å². The molecule has 1 N–H and O–H groups in total. The molecule has 0 saturated carbocycles. The largest absolute Gasteiger partial charge is 0.612 e. The number of aliphatic imine (C=N–C) groups is 1. The minimum Gasteiger partial charge on any atom is -0.612 e. The van der Waals surface area contributed by atoms with Crippen molar-refractivity contribution in [2.45, 2.75) is 0 Å². The van der Waals surface area contributed by atoms with Crippen LogP contribution in [0.2, 0.25) is 0 Å². The average molecular weight is 330 g/mol. The minimum atomic E-state index is -0.391. The summed E-state index contributed by atoms with van der Waals surface area (Å²) < 4.78 is 0. The normalized spacial score (nSPS) is 15.4. The molecule has 0 bridgehead atoms. The molecular formula is C20H16N3O2-.